The number of carbonyl (C=O) groups excluding carboxylic acids is 1. The van der Waals surface area contributed by atoms with Crippen LogP contribution in [-0.2, 0) is 10.0 Å². The van der Waals surface area contributed by atoms with Crippen LogP contribution in [0.15, 0.2) is 58.0 Å². The molecule has 0 unspecified atom stereocenters. The Hall–Kier alpha value is -2.15. The highest BCUT2D eigenvalue weighted by Crippen LogP contribution is 2.27. The van der Waals surface area contributed by atoms with Crippen molar-refractivity contribution in [2.24, 2.45) is 0 Å². The molecule has 0 bridgehead atoms. The molecule has 0 amide bonds. The second kappa shape index (κ2) is 5.81. The highest BCUT2D eigenvalue weighted by atomic mass is 35.5. The predicted octanol–water partition coefficient (Wildman–Crippen LogP) is 3.23. The second-order valence-corrected chi connectivity index (χ2v) is 7.09. The SMILES string of the molecule is CNS(=O)(=O)c1cc(C(=O)c2coc3ccccc23)ccc1Cl. The normalized spacial score (nSPS) is 11.7. The van der Waals surface area contributed by atoms with Crippen molar-refractivity contribution in [2.75, 3.05) is 7.05 Å². The Bertz CT molecular complexity index is 1010. The Kier molecular flexibility index (Phi) is 3.97. The van der Waals surface area contributed by atoms with Crippen LogP contribution in [0.3, 0.4) is 0 Å². The number of halogens is 1. The summed E-state index contributed by atoms with van der Waals surface area (Å²) in [4.78, 5) is 12.5. The topological polar surface area (TPSA) is 76.4 Å². The van der Waals surface area contributed by atoms with E-state index in [1.54, 1.807) is 24.3 Å². The number of benzene rings is 2. The number of sulfonamides is 1. The number of furan rings is 1. The molecule has 0 atom stereocenters. The van der Waals surface area contributed by atoms with Crippen molar-refractivity contribution in [3.05, 3.63) is 64.9 Å². The Balaban J connectivity index is 2.12. The van der Waals surface area contributed by atoms with E-state index in [1.165, 1.54) is 31.5 Å². The minimum absolute atomic E-state index is 0.0490. The van der Waals surface area contributed by atoms with E-state index in [2.05, 4.69) is 4.72 Å². The summed E-state index contributed by atoms with van der Waals surface area (Å²) in [5, 5.41) is 0.721. The smallest absolute Gasteiger partial charge is 0.241 e. The van der Waals surface area contributed by atoms with Gasteiger partial charge in [0, 0.05) is 10.9 Å². The van der Waals surface area contributed by atoms with Gasteiger partial charge in [-0.1, -0.05) is 29.8 Å². The standard InChI is InChI=1S/C16H12ClNO4S/c1-18-23(20,21)15-8-10(6-7-13(15)17)16(19)12-9-22-14-5-3-2-4-11(12)14/h2-9,18H,1H3. The first-order valence-electron chi connectivity index (χ1n) is 6.68. The predicted molar refractivity (Wildman–Crippen MR) is 87.3 cm³/mol. The van der Waals surface area contributed by atoms with Crippen molar-refractivity contribution < 1.29 is 17.6 Å². The summed E-state index contributed by atoms with van der Waals surface area (Å²) >= 11 is 5.94. The van der Waals surface area contributed by atoms with E-state index in [0.29, 0.717) is 16.5 Å². The van der Waals surface area contributed by atoms with Crippen molar-refractivity contribution >= 4 is 38.4 Å². The summed E-state index contributed by atoms with van der Waals surface area (Å²) in [6.45, 7) is 0. The van der Waals surface area contributed by atoms with Gasteiger partial charge in [-0.2, -0.15) is 0 Å². The molecule has 7 heteroatoms. The number of fused-ring (bicyclic) bond motifs is 1. The van der Waals surface area contributed by atoms with Gasteiger partial charge in [0.1, 0.15) is 16.7 Å². The summed E-state index contributed by atoms with van der Waals surface area (Å²) < 4.78 is 31.5. The molecule has 1 N–H and O–H groups in total. The number of hydrogen-bond donors (Lipinski definition) is 1. The lowest BCUT2D eigenvalue weighted by Crippen LogP contribution is -2.19. The van der Waals surface area contributed by atoms with E-state index in [4.69, 9.17) is 16.0 Å². The van der Waals surface area contributed by atoms with Gasteiger partial charge in [0.15, 0.2) is 5.78 Å². The van der Waals surface area contributed by atoms with Gasteiger partial charge in [0.25, 0.3) is 0 Å². The van der Waals surface area contributed by atoms with Crippen LogP contribution in [0.4, 0.5) is 0 Å². The average molecular weight is 350 g/mol. The van der Waals surface area contributed by atoms with Crippen LogP contribution in [0, 0.1) is 0 Å². The molecule has 1 heterocycles. The summed E-state index contributed by atoms with van der Waals surface area (Å²) in [6, 6.07) is 11.3. The Morgan fingerprint density at radius 2 is 1.91 bits per heavy atom. The monoisotopic (exact) mass is 349 g/mol. The molecule has 3 aromatic rings. The van der Waals surface area contributed by atoms with Gasteiger partial charge in [-0.3, -0.25) is 4.79 Å². The maximum atomic E-state index is 12.7. The summed E-state index contributed by atoms with van der Waals surface area (Å²) in [7, 11) is -2.47. The molecule has 0 aliphatic rings. The molecule has 5 nitrogen and oxygen atoms in total. The maximum Gasteiger partial charge on any atom is 0.241 e. The van der Waals surface area contributed by atoms with Crippen molar-refractivity contribution in [2.45, 2.75) is 4.90 Å². The first-order valence-corrected chi connectivity index (χ1v) is 8.54. The fourth-order valence-electron chi connectivity index (χ4n) is 2.27. The van der Waals surface area contributed by atoms with Crippen molar-refractivity contribution in [3.63, 3.8) is 0 Å². The zero-order chi connectivity index (χ0) is 16.6. The molecular formula is C16H12ClNO4S. The highest BCUT2D eigenvalue weighted by Gasteiger charge is 2.21. The third kappa shape index (κ3) is 2.76. The van der Waals surface area contributed by atoms with E-state index >= 15 is 0 Å². The van der Waals surface area contributed by atoms with Crippen molar-refractivity contribution in [1.82, 2.24) is 4.72 Å². The second-order valence-electron chi connectivity index (χ2n) is 4.83. The highest BCUT2D eigenvalue weighted by molar-refractivity contribution is 7.89. The molecule has 0 fully saturated rings. The van der Waals surface area contributed by atoms with Gasteiger partial charge in [-0.05, 0) is 31.3 Å². The molecule has 1 aromatic heterocycles. The Morgan fingerprint density at radius 1 is 1.17 bits per heavy atom. The van der Waals surface area contributed by atoms with Gasteiger partial charge < -0.3 is 4.42 Å². The fraction of sp³-hybridized carbons (Fsp3) is 0.0625. The quantitative estimate of drug-likeness (QED) is 0.734. The minimum Gasteiger partial charge on any atom is -0.464 e. The van der Waals surface area contributed by atoms with Crippen LogP contribution in [0.25, 0.3) is 11.0 Å². The van der Waals surface area contributed by atoms with Crippen LogP contribution < -0.4 is 4.72 Å². The molecule has 0 aliphatic heterocycles. The molecule has 118 valence electrons. The van der Waals surface area contributed by atoms with E-state index in [1.807, 2.05) is 0 Å². The molecule has 0 spiro atoms. The molecular weight excluding hydrogens is 338 g/mol. The van der Waals surface area contributed by atoms with E-state index in [0.717, 1.165) is 0 Å². The number of para-hydroxylation sites is 1. The zero-order valence-electron chi connectivity index (χ0n) is 12.0. The van der Waals surface area contributed by atoms with Gasteiger partial charge in [0.05, 0.1) is 10.6 Å². The molecule has 0 saturated carbocycles. The average Bonchev–Trinajstić information content (AvgIpc) is 2.98. The lowest BCUT2D eigenvalue weighted by molar-refractivity contribution is 0.103. The molecule has 2 aromatic carbocycles. The maximum absolute atomic E-state index is 12.7. The number of rotatable bonds is 4. The third-order valence-electron chi connectivity index (χ3n) is 3.48. The summed E-state index contributed by atoms with van der Waals surface area (Å²) in [6.07, 6.45) is 1.37. The molecule has 3 rings (SSSR count). The van der Waals surface area contributed by atoms with Crippen LogP contribution in [0.1, 0.15) is 15.9 Å². The summed E-state index contributed by atoms with van der Waals surface area (Å²) in [5.41, 5.74) is 1.18. The lowest BCUT2D eigenvalue weighted by atomic mass is 10.0. The number of nitrogens with one attached hydrogen (secondary N) is 1. The van der Waals surface area contributed by atoms with E-state index in [9.17, 15) is 13.2 Å². The lowest BCUT2D eigenvalue weighted by Gasteiger charge is -2.07. The number of carbonyl (C=O) groups is 1. The Labute approximate surface area is 137 Å². The van der Waals surface area contributed by atoms with E-state index in [-0.39, 0.29) is 21.3 Å². The minimum atomic E-state index is -3.75. The Morgan fingerprint density at radius 3 is 2.65 bits per heavy atom. The van der Waals surface area contributed by atoms with Gasteiger partial charge in [-0.25, -0.2) is 13.1 Å². The first-order chi connectivity index (χ1) is 10.9. The molecule has 0 aliphatic carbocycles. The van der Waals surface area contributed by atoms with E-state index < -0.39 is 10.0 Å². The number of ketones is 1. The largest absolute Gasteiger partial charge is 0.464 e. The van der Waals surface area contributed by atoms with Crippen LogP contribution >= 0.6 is 11.6 Å². The van der Waals surface area contributed by atoms with Gasteiger partial charge >= 0.3 is 0 Å². The third-order valence-corrected chi connectivity index (χ3v) is 5.37. The van der Waals surface area contributed by atoms with Gasteiger partial charge in [0.2, 0.25) is 10.0 Å². The van der Waals surface area contributed by atoms with Gasteiger partial charge in [-0.15, -0.1) is 0 Å². The van der Waals surface area contributed by atoms with Crippen LogP contribution in [-0.4, -0.2) is 21.2 Å². The fourth-order valence-corrected chi connectivity index (χ4v) is 3.52. The molecule has 0 saturated heterocycles. The van der Waals surface area contributed by atoms with Crippen molar-refractivity contribution in [3.8, 4) is 0 Å². The van der Waals surface area contributed by atoms with Crippen molar-refractivity contribution in [1.29, 1.82) is 0 Å². The summed E-state index contributed by atoms with van der Waals surface area (Å²) in [5.74, 6) is -0.334. The molecule has 23 heavy (non-hydrogen) atoms. The zero-order valence-corrected chi connectivity index (χ0v) is 13.6. The van der Waals surface area contributed by atoms with Crippen LogP contribution in [0.5, 0.6) is 0 Å². The molecule has 0 radical (unpaired) electrons. The number of hydrogen-bond acceptors (Lipinski definition) is 4. The van der Waals surface area contributed by atoms with Crippen LogP contribution in [0.2, 0.25) is 5.02 Å². The first kappa shape index (κ1) is 15.7.